The van der Waals surface area contributed by atoms with Crippen LogP contribution in [0.5, 0.6) is 11.5 Å². The van der Waals surface area contributed by atoms with Crippen LogP contribution in [0.25, 0.3) is 0 Å². The van der Waals surface area contributed by atoms with Gasteiger partial charge in [-0.25, -0.2) is 4.98 Å². The van der Waals surface area contributed by atoms with Crippen molar-refractivity contribution in [1.82, 2.24) is 4.98 Å². The lowest BCUT2D eigenvalue weighted by atomic mass is 10.1. The predicted octanol–water partition coefficient (Wildman–Crippen LogP) is 2.66. The molecule has 1 amide bonds. The van der Waals surface area contributed by atoms with E-state index in [0.717, 1.165) is 5.69 Å². The van der Waals surface area contributed by atoms with E-state index in [9.17, 15) is 4.79 Å². The van der Waals surface area contributed by atoms with E-state index >= 15 is 0 Å². The second-order valence-corrected chi connectivity index (χ2v) is 4.18. The van der Waals surface area contributed by atoms with Crippen LogP contribution >= 0.6 is 0 Å². The SMILES string of the molecule is COc1ccc(OC)c(C(=O)Nc2cccc(C)n2)c1. The highest BCUT2D eigenvalue weighted by molar-refractivity contribution is 6.06. The highest BCUT2D eigenvalue weighted by atomic mass is 16.5. The molecule has 1 aromatic carbocycles. The molecule has 5 nitrogen and oxygen atoms in total. The van der Waals surface area contributed by atoms with Gasteiger partial charge in [-0.3, -0.25) is 4.79 Å². The third kappa shape index (κ3) is 3.06. The molecule has 1 heterocycles. The molecule has 0 atom stereocenters. The molecule has 20 heavy (non-hydrogen) atoms. The van der Waals surface area contributed by atoms with Crippen molar-refractivity contribution in [1.29, 1.82) is 0 Å². The molecule has 0 aliphatic heterocycles. The highest BCUT2D eigenvalue weighted by Crippen LogP contribution is 2.24. The fraction of sp³-hybridized carbons (Fsp3) is 0.200. The molecule has 2 aromatic rings. The van der Waals surface area contributed by atoms with Gasteiger partial charge in [-0.2, -0.15) is 0 Å². The van der Waals surface area contributed by atoms with Crippen LogP contribution < -0.4 is 14.8 Å². The fourth-order valence-corrected chi connectivity index (χ4v) is 1.79. The van der Waals surface area contributed by atoms with Crippen molar-refractivity contribution in [3.63, 3.8) is 0 Å². The van der Waals surface area contributed by atoms with Gasteiger partial charge >= 0.3 is 0 Å². The van der Waals surface area contributed by atoms with Crippen molar-refractivity contribution >= 4 is 11.7 Å². The van der Waals surface area contributed by atoms with E-state index in [2.05, 4.69) is 10.3 Å². The first-order valence-electron chi connectivity index (χ1n) is 6.11. The summed E-state index contributed by atoms with van der Waals surface area (Å²) in [6.45, 7) is 1.86. The van der Waals surface area contributed by atoms with Gasteiger partial charge in [-0.15, -0.1) is 0 Å². The molecule has 0 aliphatic rings. The number of carbonyl (C=O) groups excluding carboxylic acids is 1. The van der Waals surface area contributed by atoms with Gasteiger partial charge in [0.1, 0.15) is 17.3 Å². The summed E-state index contributed by atoms with van der Waals surface area (Å²) >= 11 is 0. The fourth-order valence-electron chi connectivity index (χ4n) is 1.79. The Morgan fingerprint density at radius 1 is 1.15 bits per heavy atom. The Morgan fingerprint density at radius 3 is 2.60 bits per heavy atom. The topological polar surface area (TPSA) is 60.5 Å². The normalized spacial score (nSPS) is 9.95. The zero-order valence-electron chi connectivity index (χ0n) is 11.6. The molecule has 5 heteroatoms. The van der Waals surface area contributed by atoms with Crippen LogP contribution in [0.2, 0.25) is 0 Å². The third-order valence-electron chi connectivity index (χ3n) is 2.78. The number of benzene rings is 1. The van der Waals surface area contributed by atoms with Gasteiger partial charge in [0.2, 0.25) is 0 Å². The summed E-state index contributed by atoms with van der Waals surface area (Å²) in [4.78, 5) is 16.5. The molecule has 2 rings (SSSR count). The van der Waals surface area contributed by atoms with Crippen LogP contribution in [0.1, 0.15) is 16.1 Å². The maximum Gasteiger partial charge on any atom is 0.260 e. The maximum absolute atomic E-state index is 12.3. The summed E-state index contributed by atoms with van der Waals surface area (Å²) in [5.41, 5.74) is 1.23. The number of aryl methyl sites for hydroxylation is 1. The first kappa shape index (κ1) is 13.9. The minimum Gasteiger partial charge on any atom is -0.497 e. The van der Waals surface area contributed by atoms with Crippen molar-refractivity contribution in [2.45, 2.75) is 6.92 Å². The Bertz CT molecular complexity index is 626. The van der Waals surface area contributed by atoms with Gasteiger partial charge in [0.15, 0.2) is 0 Å². The Balaban J connectivity index is 2.28. The molecule has 1 aromatic heterocycles. The third-order valence-corrected chi connectivity index (χ3v) is 2.78. The lowest BCUT2D eigenvalue weighted by molar-refractivity contribution is 0.102. The first-order chi connectivity index (χ1) is 9.63. The van der Waals surface area contributed by atoms with Gasteiger partial charge < -0.3 is 14.8 Å². The van der Waals surface area contributed by atoms with Crippen LogP contribution in [0.3, 0.4) is 0 Å². The molecular formula is C15H16N2O3. The summed E-state index contributed by atoms with van der Waals surface area (Å²) in [5, 5.41) is 2.74. The summed E-state index contributed by atoms with van der Waals surface area (Å²) < 4.78 is 10.3. The Kier molecular flexibility index (Phi) is 4.20. The molecule has 0 bridgehead atoms. The summed E-state index contributed by atoms with van der Waals surface area (Å²) in [6, 6.07) is 10.5. The lowest BCUT2D eigenvalue weighted by Gasteiger charge is -2.10. The molecule has 0 aliphatic carbocycles. The van der Waals surface area contributed by atoms with Crippen molar-refractivity contribution in [3.8, 4) is 11.5 Å². The Morgan fingerprint density at radius 2 is 1.95 bits per heavy atom. The number of carbonyl (C=O) groups is 1. The molecule has 0 radical (unpaired) electrons. The minimum atomic E-state index is -0.293. The number of pyridine rings is 1. The standard InChI is InChI=1S/C15H16N2O3/c1-10-5-4-6-14(16-10)17-15(18)12-9-11(19-2)7-8-13(12)20-3/h4-9H,1-3H3,(H,16,17,18). The van der Waals surface area contributed by atoms with Gasteiger partial charge in [0.05, 0.1) is 19.8 Å². The highest BCUT2D eigenvalue weighted by Gasteiger charge is 2.14. The number of hydrogen-bond acceptors (Lipinski definition) is 4. The molecule has 0 saturated carbocycles. The van der Waals surface area contributed by atoms with E-state index in [0.29, 0.717) is 22.9 Å². The lowest BCUT2D eigenvalue weighted by Crippen LogP contribution is -2.14. The van der Waals surface area contributed by atoms with Crippen molar-refractivity contribution in [3.05, 3.63) is 47.7 Å². The molecule has 1 N–H and O–H groups in total. The summed E-state index contributed by atoms with van der Waals surface area (Å²) in [6.07, 6.45) is 0. The van der Waals surface area contributed by atoms with Crippen LogP contribution in [0, 0.1) is 6.92 Å². The van der Waals surface area contributed by atoms with E-state index < -0.39 is 0 Å². The molecule has 0 saturated heterocycles. The van der Waals surface area contributed by atoms with Gasteiger partial charge in [0, 0.05) is 5.69 Å². The number of anilines is 1. The quantitative estimate of drug-likeness (QED) is 0.929. The monoisotopic (exact) mass is 272 g/mol. The van der Waals surface area contributed by atoms with Crippen LogP contribution in [0.4, 0.5) is 5.82 Å². The average Bonchev–Trinajstić information content (AvgIpc) is 2.46. The first-order valence-corrected chi connectivity index (χ1v) is 6.11. The van der Waals surface area contributed by atoms with Crippen LogP contribution in [0.15, 0.2) is 36.4 Å². The molecular weight excluding hydrogens is 256 g/mol. The van der Waals surface area contributed by atoms with E-state index in [1.54, 1.807) is 31.4 Å². The van der Waals surface area contributed by atoms with Crippen LogP contribution in [-0.2, 0) is 0 Å². The summed E-state index contributed by atoms with van der Waals surface area (Å²) in [5.74, 6) is 1.28. The second kappa shape index (κ2) is 6.06. The number of hydrogen-bond donors (Lipinski definition) is 1. The van der Waals surface area contributed by atoms with E-state index in [1.165, 1.54) is 7.11 Å². The van der Waals surface area contributed by atoms with Crippen molar-refractivity contribution in [2.24, 2.45) is 0 Å². The number of nitrogens with zero attached hydrogens (tertiary/aromatic N) is 1. The zero-order valence-corrected chi connectivity index (χ0v) is 11.6. The molecule has 0 unspecified atom stereocenters. The minimum absolute atomic E-state index is 0.293. The van der Waals surface area contributed by atoms with E-state index in [4.69, 9.17) is 9.47 Å². The maximum atomic E-state index is 12.3. The number of rotatable bonds is 4. The van der Waals surface area contributed by atoms with Gasteiger partial charge in [0.25, 0.3) is 5.91 Å². The zero-order chi connectivity index (χ0) is 14.5. The Hall–Kier alpha value is -2.56. The summed E-state index contributed by atoms with van der Waals surface area (Å²) in [7, 11) is 3.06. The number of aromatic nitrogens is 1. The largest absolute Gasteiger partial charge is 0.497 e. The van der Waals surface area contributed by atoms with Crippen molar-refractivity contribution in [2.75, 3.05) is 19.5 Å². The smallest absolute Gasteiger partial charge is 0.260 e. The van der Waals surface area contributed by atoms with E-state index in [1.807, 2.05) is 19.1 Å². The molecule has 104 valence electrons. The van der Waals surface area contributed by atoms with Gasteiger partial charge in [-0.1, -0.05) is 6.07 Å². The van der Waals surface area contributed by atoms with Gasteiger partial charge in [-0.05, 0) is 37.3 Å². The van der Waals surface area contributed by atoms with Crippen molar-refractivity contribution < 1.29 is 14.3 Å². The molecule has 0 spiro atoms. The van der Waals surface area contributed by atoms with E-state index in [-0.39, 0.29) is 5.91 Å². The van der Waals surface area contributed by atoms with Crippen LogP contribution in [-0.4, -0.2) is 25.1 Å². The predicted molar refractivity (Wildman–Crippen MR) is 76.5 cm³/mol. The molecule has 0 fully saturated rings. The number of nitrogens with one attached hydrogen (secondary N) is 1. The number of ether oxygens (including phenoxy) is 2. The Labute approximate surface area is 117 Å². The number of amides is 1. The second-order valence-electron chi connectivity index (χ2n) is 4.18. The number of methoxy groups -OCH3 is 2. The average molecular weight is 272 g/mol.